The number of aryl methyl sites for hydroxylation is 1. The number of nitrogens with zero attached hydrogens (tertiary/aromatic N) is 3. The van der Waals surface area contributed by atoms with Gasteiger partial charge >= 0.3 is 12.0 Å². The zero-order valence-electron chi connectivity index (χ0n) is 20.3. The first-order valence-corrected chi connectivity index (χ1v) is 13.6. The van der Waals surface area contributed by atoms with E-state index in [2.05, 4.69) is 15.3 Å². The third-order valence-corrected chi connectivity index (χ3v) is 8.47. The fraction of sp³-hybridized carbons (Fsp3) is 0.143. The molecule has 0 saturated heterocycles. The van der Waals surface area contributed by atoms with Crippen molar-refractivity contribution in [3.63, 3.8) is 0 Å². The van der Waals surface area contributed by atoms with Crippen LogP contribution in [0.25, 0.3) is 31.2 Å². The summed E-state index contributed by atoms with van der Waals surface area (Å²) in [7, 11) is 1.57. The summed E-state index contributed by atoms with van der Waals surface area (Å²) in [5.41, 5.74) is 4.16. The molecule has 1 aliphatic rings. The van der Waals surface area contributed by atoms with Crippen molar-refractivity contribution in [2.24, 2.45) is 0 Å². The van der Waals surface area contributed by atoms with Gasteiger partial charge in [0, 0.05) is 17.8 Å². The summed E-state index contributed by atoms with van der Waals surface area (Å²) in [6, 6.07) is 20.6. The van der Waals surface area contributed by atoms with Gasteiger partial charge < -0.3 is 9.84 Å². The lowest BCUT2D eigenvalue weighted by molar-refractivity contribution is 0.0692. The maximum absolute atomic E-state index is 13.3. The number of ether oxygens (including phenoxy) is 1. The number of hydrogen-bond donors (Lipinski definition) is 2. The highest BCUT2D eigenvalue weighted by Gasteiger charge is 2.26. The van der Waals surface area contributed by atoms with E-state index >= 15 is 0 Å². The van der Waals surface area contributed by atoms with E-state index in [0.29, 0.717) is 27.3 Å². The second-order valence-corrected chi connectivity index (χ2v) is 10.8. The van der Waals surface area contributed by atoms with E-state index in [-0.39, 0.29) is 11.7 Å². The molecule has 3 aromatic carbocycles. The first-order valence-electron chi connectivity index (χ1n) is 12.0. The summed E-state index contributed by atoms with van der Waals surface area (Å²) in [6.07, 6.45) is 1.70. The fourth-order valence-corrected chi connectivity index (χ4v) is 6.46. The Balaban J connectivity index is 1.34. The van der Waals surface area contributed by atoms with Crippen LogP contribution in [0.3, 0.4) is 0 Å². The number of aromatic nitrogens is 2. The lowest BCUT2D eigenvalue weighted by atomic mass is 10.00. The number of fused-ring (bicyclic) bond motifs is 2. The van der Waals surface area contributed by atoms with Crippen LogP contribution in [0.1, 0.15) is 22.5 Å². The number of para-hydroxylation sites is 1. The van der Waals surface area contributed by atoms with Crippen molar-refractivity contribution in [2.75, 3.05) is 23.9 Å². The van der Waals surface area contributed by atoms with Crippen molar-refractivity contribution in [1.29, 1.82) is 0 Å². The largest absolute Gasteiger partial charge is 0.497 e. The van der Waals surface area contributed by atoms with Crippen molar-refractivity contribution < 1.29 is 19.4 Å². The van der Waals surface area contributed by atoms with Crippen LogP contribution in [0.2, 0.25) is 0 Å². The molecule has 0 spiro atoms. The number of aromatic carboxylic acids is 1. The molecular formula is C28H22N4O4S2. The normalized spacial score (nSPS) is 12.8. The van der Waals surface area contributed by atoms with Gasteiger partial charge in [0.15, 0.2) is 10.8 Å². The summed E-state index contributed by atoms with van der Waals surface area (Å²) in [4.78, 5) is 36.7. The van der Waals surface area contributed by atoms with Crippen LogP contribution < -0.4 is 15.0 Å². The number of thiazole rings is 2. The molecule has 5 aromatic rings. The van der Waals surface area contributed by atoms with E-state index < -0.39 is 5.97 Å². The molecule has 1 aliphatic heterocycles. The number of carboxylic acids is 1. The Labute approximate surface area is 226 Å². The summed E-state index contributed by atoms with van der Waals surface area (Å²) in [6.45, 7) is 0.570. The number of urea groups is 1. The topological polar surface area (TPSA) is 105 Å². The van der Waals surface area contributed by atoms with Crippen LogP contribution in [0, 0.1) is 0 Å². The quantitative estimate of drug-likeness (QED) is 0.254. The van der Waals surface area contributed by atoms with Crippen molar-refractivity contribution in [3.05, 3.63) is 78.0 Å². The molecule has 6 rings (SSSR count). The van der Waals surface area contributed by atoms with Crippen LogP contribution in [0.4, 0.5) is 15.6 Å². The number of rotatable bonds is 5. The molecule has 2 N–H and O–H groups in total. The zero-order valence-corrected chi connectivity index (χ0v) is 21.9. The average molecular weight is 543 g/mol. The van der Waals surface area contributed by atoms with Gasteiger partial charge in [-0.3, -0.25) is 10.2 Å². The van der Waals surface area contributed by atoms with Gasteiger partial charge in [0.2, 0.25) is 0 Å². The number of amides is 2. The predicted molar refractivity (Wildman–Crippen MR) is 151 cm³/mol. The van der Waals surface area contributed by atoms with Crippen LogP contribution in [-0.4, -0.2) is 40.7 Å². The Morgan fingerprint density at radius 2 is 1.87 bits per heavy atom. The molecule has 0 saturated carbocycles. The minimum Gasteiger partial charge on any atom is -0.497 e. The number of nitrogens with one attached hydrogen (secondary N) is 1. The molecule has 0 bridgehead atoms. The maximum atomic E-state index is 13.3. The highest BCUT2D eigenvalue weighted by Crippen LogP contribution is 2.39. The summed E-state index contributed by atoms with van der Waals surface area (Å²) >= 11 is 2.74. The molecule has 0 radical (unpaired) electrons. The highest BCUT2D eigenvalue weighted by atomic mass is 32.1. The molecule has 10 heteroatoms. The number of carbonyl (C=O) groups excluding carboxylic acids is 1. The Kier molecular flexibility index (Phi) is 6.26. The first kappa shape index (κ1) is 24.1. The van der Waals surface area contributed by atoms with Crippen LogP contribution in [0.15, 0.2) is 66.7 Å². The molecule has 190 valence electrons. The number of hydrogen-bond acceptors (Lipinski definition) is 7. The monoisotopic (exact) mass is 542 g/mol. The molecule has 3 heterocycles. The van der Waals surface area contributed by atoms with Crippen molar-refractivity contribution >= 4 is 55.7 Å². The Bertz CT molecular complexity index is 1660. The molecule has 0 fully saturated rings. The number of benzene rings is 3. The lowest BCUT2D eigenvalue weighted by Crippen LogP contribution is -2.38. The van der Waals surface area contributed by atoms with Gasteiger partial charge in [0.25, 0.3) is 0 Å². The van der Waals surface area contributed by atoms with E-state index in [1.807, 2.05) is 60.7 Å². The number of carbonyl (C=O) groups is 2. The maximum Gasteiger partial charge on any atom is 0.356 e. The summed E-state index contributed by atoms with van der Waals surface area (Å²) in [5, 5.41) is 13.9. The number of carboxylic acid groups (broad SMARTS) is 1. The number of anilines is 2. The molecular weight excluding hydrogens is 520 g/mol. The molecule has 0 aliphatic carbocycles. The summed E-state index contributed by atoms with van der Waals surface area (Å²) in [5.74, 6) is -0.461. The second-order valence-electron chi connectivity index (χ2n) is 8.75. The Morgan fingerprint density at radius 1 is 1.00 bits per heavy atom. The van der Waals surface area contributed by atoms with E-state index in [4.69, 9.17) is 4.74 Å². The molecule has 38 heavy (non-hydrogen) atoms. The summed E-state index contributed by atoms with van der Waals surface area (Å²) < 4.78 is 6.32. The molecule has 8 nitrogen and oxygen atoms in total. The molecule has 2 aromatic heterocycles. The fourth-order valence-electron chi connectivity index (χ4n) is 4.55. The third-order valence-electron chi connectivity index (χ3n) is 6.37. The molecule has 2 amide bonds. The van der Waals surface area contributed by atoms with Crippen LogP contribution in [0.5, 0.6) is 5.75 Å². The van der Waals surface area contributed by atoms with Gasteiger partial charge in [-0.25, -0.2) is 19.6 Å². The smallest absolute Gasteiger partial charge is 0.356 e. The first-order chi connectivity index (χ1) is 18.5. The van der Waals surface area contributed by atoms with Gasteiger partial charge in [0.05, 0.1) is 22.2 Å². The van der Waals surface area contributed by atoms with Gasteiger partial charge in [-0.05, 0) is 54.3 Å². The van der Waals surface area contributed by atoms with Gasteiger partial charge in [-0.2, -0.15) is 0 Å². The Morgan fingerprint density at radius 3 is 2.68 bits per heavy atom. The van der Waals surface area contributed by atoms with Crippen LogP contribution >= 0.6 is 22.7 Å². The van der Waals surface area contributed by atoms with Gasteiger partial charge in [-0.15, -0.1) is 11.3 Å². The number of methoxy groups -OCH3 is 1. The van der Waals surface area contributed by atoms with Gasteiger partial charge in [0.1, 0.15) is 10.8 Å². The molecule has 0 atom stereocenters. The van der Waals surface area contributed by atoms with E-state index in [9.17, 15) is 14.7 Å². The van der Waals surface area contributed by atoms with E-state index in [1.54, 1.807) is 18.1 Å². The minimum atomic E-state index is -1.10. The van der Waals surface area contributed by atoms with Crippen LogP contribution in [-0.2, 0) is 6.42 Å². The van der Waals surface area contributed by atoms with Crippen molar-refractivity contribution in [3.8, 4) is 26.8 Å². The van der Waals surface area contributed by atoms with Crippen molar-refractivity contribution in [1.82, 2.24) is 9.97 Å². The molecule has 0 unspecified atom stereocenters. The minimum absolute atomic E-state index is 0.0126. The predicted octanol–water partition coefficient (Wildman–Crippen LogP) is 6.78. The average Bonchev–Trinajstić information content (AvgIpc) is 3.57. The standard InChI is InChI=1S/C28H22N4O4S2/c1-36-19-8-4-6-17(14-19)24-23(26(33)34)30-25(38-24)18-12-11-16-7-5-13-32(21(16)15-18)28(35)31-27-29-20-9-2-3-10-22(20)37-27/h2-4,6,8-12,14-15H,5,7,13H2,1H3,(H,33,34)(H,29,31,35). The van der Waals surface area contributed by atoms with E-state index in [1.165, 1.54) is 22.7 Å². The second kappa shape index (κ2) is 9.88. The SMILES string of the molecule is COc1cccc(-c2sc(-c3ccc4c(c3)N(C(=O)Nc3nc5ccccc5s3)CCC4)nc2C(=O)O)c1. The van der Waals surface area contributed by atoms with Gasteiger partial charge in [-0.1, -0.05) is 47.7 Å². The lowest BCUT2D eigenvalue weighted by Gasteiger charge is -2.29. The van der Waals surface area contributed by atoms with E-state index in [0.717, 1.165) is 45.4 Å². The zero-order chi connectivity index (χ0) is 26.2. The Hall–Kier alpha value is -4.28. The van der Waals surface area contributed by atoms with Crippen molar-refractivity contribution in [2.45, 2.75) is 12.8 Å². The third kappa shape index (κ3) is 4.48. The highest BCUT2D eigenvalue weighted by molar-refractivity contribution is 7.22.